The average Bonchev–Trinajstić information content (AvgIpc) is 2.33. The van der Waals surface area contributed by atoms with Crippen LogP contribution < -0.4 is 0 Å². The van der Waals surface area contributed by atoms with Crippen LogP contribution in [0.3, 0.4) is 0 Å². The van der Waals surface area contributed by atoms with E-state index >= 15 is 0 Å². The van der Waals surface area contributed by atoms with Crippen LogP contribution in [0, 0.1) is 5.41 Å². The molecule has 1 rings (SSSR count). The molecule has 2 heteroatoms. The van der Waals surface area contributed by atoms with Crippen LogP contribution in [-0.2, 0) is 0 Å². The maximum Gasteiger partial charge on any atom is 0.0290 e. The maximum absolute atomic E-state index is 2.60. The van der Waals surface area contributed by atoms with Crippen LogP contribution in [0.5, 0.6) is 0 Å². The van der Waals surface area contributed by atoms with Gasteiger partial charge in [-0.2, -0.15) is 0 Å². The highest BCUT2D eigenvalue weighted by atomic mass is 32.2. The second-order valence-corrected chi connectivity index (χ2v) is 6.16. The largest absolute Gasteiger partial charge is 0.299 e. The van der Waals surface area contributed by atoms with Crippen LogP contribution >= 0.6 is 11.8 Å². The Morgan fingerprint density at radius 2 is 1.76 bits per heavy atom. The number of likely N-dealkylation sites (tertiary alicyclic amines) is 1. The van der Waals surface area contributed by atoms with Crippen molar-refractivity contribution in [3.8, 4) is 0 Å². The van der Waals surface area contributed by atoms with Gasteiger partial charge in [-0.3, -0.25) is 4.90 Å². The fourth-order valence-corrected chi connectivity index (χ4v) is 2.62. The van der Waals surface area contributed by atoms with Crippen LogP contribution in [0.2, 0.25) is 0 Å². The summed E-state index contributed by atoms with van der Waals surface area (Å²) in [5.41, 5.74) is 0.574. The molecule has 102 valence electrons. The summed E-state index contributed by atoms with van der Waals surface area (Å²) >= 11 is 1.91. The third-order valence-electron chi connectivity index (χ3n) is 3.28. The Morgan fingerprint density at radius 3 is 2.18 bits per heavy atom. The summed E-state index contributed by atoms with van der Waals surface area (Å²) in [5.74, 6) is 0. The highest BCUT2D eigenvalue weighted by Gasteiger charge is 2.25. The van der Waals surface area contributed by atoms with Gasteiger partial charge in [0.05, 0.1) is 0 Å². The molecular weight excluding hydrogens is 226 g/mol. The SMILES string of the molecule is CC.CC/C=C(/CN1CCC(C)(C)CC1)SC. The fraction of sp³-hybridized carbons (Fsp3) is 0.867. The smallest absolute Gasteiger partial charge is 0.0290 e. The molecule has 1 aliphatic rings. The van der Waals surface area contributed by atoms with Gasteiger partial charge in [-0.15, -0.1) is 11.8 Å². The van der Waals surface area contributed by atoms with Crippen LogP contribution in [0.15, 0.2) is 11.0 Å². The molecular formula is C15H31NS. The monoisotopic (exact) mass is 257 g/mol. The van der Waals surface area contributed by atoms with E-state index in [1.54, 1.807) is 0 Å². The van der Waals surface area contributed by atoms with Crippen molar-refractivity contribution in [1.82, 2.24) is 4.90 Å². The zero-order valence-corrected chi connectivity index (χ0v) is 13.5. The third kappa shape index (κ3) is 7.15. The summed E-state index contributed by atoms with van der Waals surface area (Å²) in [7, 11) is 0. The van der Waals surface area contributed by atoms with Crippen molar-refractivity contribution in [1.29, 1.82) is 0 Å². The van der Waals surface area contributed by atoms with Gasteiger partial charge >= 0.3 is 0 Å². The summed E-state index contributed by atoms with van der Waals surface area (Å²) < 4.78 is 0. The lowest BCUT2D eigenvalue weighted by atomic mass is 9.83. The fourth-order valence-electron chi connectivity index (χ4n) is 1.98. The summed E-state index contributed by atoms with van der Waals surface area (Å²) in [4.78, 5) is 4.14. The summed E-state index contributed by atoms with van der Waals surface area (Å²) in [6.45, 7) is 14.7. The van der Waals surface area contributed by atoms with Gasteiger partial charge in [-0.1, -0.05) is 40.7 Å². The summed E-state index contributed by atoms with van der Waals surface area (Å²) in [5, 5.41) is 0. The zero-order chi connectivity index (χ0) is 13.3. The molecule has 0 unspecified atom stereocenters. The van der Waals surface area contributed by atoms with Gasteiger partial charge < -0.3 is 0 Å². The van der Waals surface area contributed by atoms with Crippen LogP contribution in [0.4, 0.5) is 0 Å². The van der Waals surface area contributed by atoms with E-state index in [0.717, 1.165) is 6.42 Å². The molecule has 0 aromatic heterocycles. The molecule has 1 aliphatic heterocycles. The number of hydrogen-bond acceptors (Lipinski definition) is 2. The number of rotatable bonds is 4. The van der Waals surface area contributed by atoms with Crippen molar-refractivity contribution >= 4 is 11.8 Å². The maximum atomic E-state index is 2.60. The predicted octanol–water partition coefficient (Wildman–Crippen LogP) is 4.79. The first-order valence-corrected chi connectivity index (χ1v) is 8.25. The highest BCUT2D eigenvalue weighted by Crippen LogP contribution is 2.30. The number of piperidine rings is 1. The van der Waals surface area contributed by atoms with E-state index in [9.17, 15) is 0 Å². The van der Waals surface area contributed by atoms with E-state index < -0.39 is 0 Å². The van der Waals surface area contributed by atoms with Crippen molar-refractivity contribution in [2.24, 2.45) is 5.41 Å². The van der Waals surface area contributed by atoms with Crippen molar-refractivity contribution in [3.63, 3.8) is 0 Å². The molecule has 1 fully saturated rings. The van der Waals surface area contributed by atoms with Crippen LogP contribution in [0.25, 0.3) is 0 Å². The Morgan fingerprint density at radius 1 is 1.24 bits per heavy atom. The van der Waals surface area contributed by atoms with Gasteiger partial charge in [0.1, 0.15) is 0 Å². The van der Waals surface area contributed by atoms with Gasteiger partial charge in [0.15, 0.2) is 0 Å². The standard InChI is InChI=1S/C13H25NS.C2H6/c1-5-6-12(15-4)11-14-9-7-13(2,3)8-10-14;1-2/h6H,5,7-11H2,1-4H3;1-2H3/b12-6-;. The van der Waals surface area contributed by atoms with E-state index in [-0.39, 0.29) is 0 Å². The van der Waals surface area contributed by atoms with E-state index in [2.05, 4.69) is 38.0 Å². The first-order valence-electron chi connectivity index (χ1n) is 7.03. The van der Waals surface area contributed by atoms with Crippen molar-refractivity contribution in [3.05, 3.63) is 11.0 Å². The predicted molar refractivity (Wildman–Crippen MR) is 82.7 cm³/mol. The molecule has 0 aromatic rings. The second-order valence-electron chi connectivity index (χ2n) is 5.22. The number of thioether (sulfide) groups is 1. The normalized spacial score (nSPS) is 20.7. The van der Waals surface area contributed by atoms with Gasteiger partial charge in [-0.05, 0) is 48.9 Å². The minimum Gasteiger partial charge on any atom is -0.299 e. The Balaban J connectivity index is 0.00000121. The molecule has 0 aromatic carbocycles. The van der Waals surface area contributed by atoms with E-state index in [4.69, 9.17) is 0 Å². The number of allylic oxidation sites excluding steroid dienone is 1. The lowest BCUT2D eigenvalue weighted by Crippen LogP contribution is -2.38. The van der Waals surface area contributed by atoms with Crippen molar-refractivity contribution in [2.75, 3.05) is 25.9 Å². The third-order valence-corrected chi connectivity index (χ3v) is 4.10. The Bertz CT molecular complexity index is 211. The van der Waals surface area contributed by atoms with Crippen LogP contribution in [0.1, 0.15) is 53.9 Å². The molecule has 0 spiro atoms. The highest BCUT2D eigenvalue weighted by molar-refractivity contribution is 8.02. The number of hydrogen-bond donors (Lipinski definition) is 0. The average molecular weight is 257 g/mol. The Hall–Kier alpha value is 0.0500. The first kappa shape index (κ1) is 17.1. The molecule has 0 saturated carbocycles. The summed E-state index contributed by atoms with van der Waals surface area (Å²) in [6.07, 6.45) is 8.41. The molecule has 0 radical (unpaired) electrons. The topological polar surface area (TPSA) is 3.24 Å². The van der Waals surface area contributed by atoms with Gasteiger partial charge in [-0.25, -0.2) is 0 Å². The molecule has 0 N–H and O–H groups in total. The molecule has 17 heavy (non-hydrogen) atoms. The zero-order valence-electron chi connectivity index (χ0n) is 12.7. The van der Waals surface area contributed by atoms with Crippen LogP contribution in [-0.4, -0.2) is 30.8 Å². The molecule has 0 bridgehead atoms. The molecule has 1 nitrogen and oxygen atoms in total. The molecule has 0 atom stereocenters. The van der Waals surface area contributed by atoms with Gasteiger partial charge in [0, 0.05) is 6.54 Å². The lowest BCUT2D eigenvalue weighted by molar-refractivity contribution is 0.143. The number of nitrogens with zero attached hydrogens (tertiary/aromatic N) is 1. The second kappa shape index (κ2) is 9.04. The van der Waals surface area contributed by atoms with Gasteiger partial charge in [0.2, 0.25) is 0 Å². The quantitative estimate of drug-likeness (QED) is 0.712. The summed E-state index contributed by atoms with van der Waals surface area (Å²) in [6, 6.07) is 0. The molecule has 1 saturated heterocycles. The van der Waals surface area contributed by atoms with E-state index in [0.29, 0.717) is 5.41 Å². The van der Waals surface area contributed by atoms with Gasteiger partial charge in [0.25, 0.3) is 0 Å². The molecule has 0 amide bonds. The first-order chi connectivity index (χ1) is 8.07. The minimum absolute atomic E-state index is 0.574. The Kier molecular flexibility index (Phi) is 9.07. The van der Waals surface area contributed by atoms with E-state index in [1.807, 2.05) is 25.6 Å². The van der Waals surface area contributed by atoms with Crippen molar-refractivity contribution < 1.29 is 0 Å². The van der Waals surface area contributed by atoms with Crippen molar-refractivity contribution in [2.45, 2.75) is 53.9 Å². The van der Waals surface area contributed by atoms with E-state index in [1.165, 1.54) is 37.4 Å². The molecule has 0 aliphatic carbocycles. The Labute approximate surface area is 113 Å². The minimum atomic E-state index is 0.574. The molecule has 1 heterocycles. The lowest BCUT2D eigenvalue weighted by Gasteiger charge is -2.37.